The fourth-order valence-corrected chi connectivity index (χ4v) is 2.90. The van der Waals surface area contributed by atoms with Crippen molar-refractivity contribution in [3.05, 3.63) is 30.0 Å². The standard InChI is InChI=1S/C17H21N3O3/c1-17(2,3)23-16(22)19-12-8-10-9-18-11-6-5-7-13(14(10)11)20(4)15(12)21/h5-7,9,12,18H,8H2,1-4H3,(H,19,22)/t12-/m0/s1. The summed E-state index contributed by atoms with van der Waals surface area (Å²) >= 11 is 0. The molecule has 1 aliphatic rings. The zero-order valence-electron chi connectivity index (χ0n) is 13.8. The van der Waals surface area contributed by atoms with E-state index in [-0.39, 0.29) is 5.91 Å². The summed E-state index contributed by atoms with van der Waals surface area (Å²) in [6, 6.07) is 5.14. The molecule has 0 aliphatic carbocycles. The van der Waals surface area contributed by atoms with Gasteiger partial charge in [0.2, 0.25) is 5.91 Å². The largest absolute Gasteiger partial charge is 0.444 e. The van der Waals surface area contributed by atoms with Gasteiger partial charge in [-0.2, -0.15) is 0 Å². The number of carbonyl (C=O) groups is 2. The molecule has 23 heavy (non-hydrogen) atoms. The Kier molecular flexibility index (Phi) is 3.55. The second-order valence-electron chi connectivity index (χ2n) is 6.81. The molecular formula is C17H21N3O3. The fourth-order valence-electron chi connectivity index (χ4n) is 2.90. The van der Waals surface area contributed by atoms with Crippen molar-refractivity contribution in [3.8, 4) is 0 Å². The Hall–Kier alpha value is -2.50. The Morgan fingerprint density at radius 2 is 2.13 bits per heavy atom. The van der Waals surface area contributed by atoms with Crippen LogP contribution in [0.5, 0.6) is 0 Å². The number of aromatic amines is 1. The van der Waals surface area contributed by atoms with Crippen molar-refractivity contribution in [1.82, 2.24) is 10.3 Å². The molecule has 2 N–H and O–H groups in total. The number of benzene rings is 1. The van der Waals surface area contributed by atoms with Crippen LogP contribution in [0.3, 0.4) is 0 Å². The van der Waals surface area contributed by atoms with Gasteiger partial charge in [-0.15, -0.1) is 0 Å². The normalized spacial score (nSPS) is 18.0. The first-order valence-electron chi connectivity index (χ1n) is 7.62. The van der Waals surface area contributed by atoms with Crippen molar-refractivity contribution in [1.29, 1.82) is 0 Å². The zero-order chi connectivity index (χ0) is 16.8. The molecule has 6 heteroatoms. The highest BCUT2D eigenvalue weighted by Gasteiger charge is 2.32. The maximum absolute atomic E-state index is 12.7. The van der Waals surface area contributed by atoms with Gasteiger partial charge >= 0.3 is 6.09 Å². The van der Waals surface area contributed by atoms with Gasteiger partial charge in [-0.1, -0.05) is 6.07 Å². The highest BCUT2D eigenvalue weighted by Crippen LogP contribution is 2.33. The van der Waals surface area contributed by atoms with E-state index in [2.05, 4.69) is 10.3 Å². The summed E-state index contributed by atoms with van der Waals surface area (Å²) in [5.74, 6) is -0.153. The van der Waals surface area contributed by atoms with Crippen molar-refractivity contribution in [2.75, 3.05) is 11.9 Å². The molecule has 2 aromatic rings. The second-order valence-corrected chi connectivity index (χ2v) is 6.81. The van der Waals surface area contributed by atoms with Gasteiger partial charge in [0.25, 0.3) is 0 Å². The number of H-pyrrole nitrogens is 1. The van der Waals surface area contributed by atoms with Crippen LogP contribution in [0.2, 0.25) is 0 Å². The summed E-state index contributed by atoms with van der Waals surface area (Å²) in [5, 5.41) is 3.72. The Labute approximate surface area is 134 Å². The van der Waals surface area contributed by atoms with E-state index < -0.39 is 17.7 Å². The molecule has 2 amide bonds. The molecule has 0 unspecified atom stereocenters. The van der Waals surface area contributed by atoms with E-state index >= 15 is 0 Å². The van der Waals surface area contributed by atoms with E-state index in [0.717, 1.165) is 22.2 Å². The first kappa shape index (κ1) is 15.4. The number of carbonyl (C=O) groups excluding carboxylic acids is 2. The number of alkyl carbamates (subject to hydrolysis) is 1. The van der Waals surface area contributed by atoms with Crippen molar-refractivity contribution in [2.24, 2.45) is 0 Å². The number of likely N-dealkylation sites (N-methyl/N-ethyl adjacent to an activating group) is 1. The van der Waals surface area contributed by atoms with Crippen LogP contribution in [0.1, 0.15) is 26.3 Å². The first-order chi connectivity index (χ1) is 10.8. The number of ether oxygens (including phenoxy) is 1. The number of amides is 2. The van der Waals surface area contributed by atoms with E-state index in [4.69, 9.17) is 4.74 Å². The van der Waals surface area contributed by atoms with Gasteiger partial charge < -0.3 is 19.9 Å². The smallest absolute Gasteiger partial charge is 0.408 e. The van der Waals surface area contributed by atoms with Crippen LogP contribution in [0.15, 0.2) is 24.4 Å². The Balaban J connectivity index is 1.91. The number of hydrogen-bond donors (Lipinski definition) is 2. The third-order valence-corrected chi connectivity index (χ3v) is 3.87. The molecule has 0 spiro atoms. The number of rotatable bonds is 1. The summed E-state index contributed by atoms with van der Waals surface area (Å²) in [5.41, 5.74) is 2.23. The lowest BCUT2D eigenvalue weighted by atomic mass is 10.1. The molecule has 1 aliphatic heterocycles. The molecule has 1 aromatic heterocycles. The minimum absolute atomic E-state index is 0.153. The summed E-state index contributed by atoms with van der Waals surface area (Å²) in [6.07, 6.45) is 1.74. The number of aromatic nitrogens is 1. The predicted molar refractivity (Wildman–Crippen MR) is 88.6 cm³/mol. The van der Waals surface area contributed by atoms with Crippen LogP contribution >= 0.6 is 0 Å². The van der Waals surface area contributed by atoms with Crippen LogP contribution in [-0.2, 0) is 16.0 Å². The molecule has 1 atom stereocenters. The minimum Gasteiger partial charge on any atom is -0.444 e. The number of nitrogens with zero attached hydrogens (tertiary/aromatic N) is 1. The summed E-state index contributed by atoms with van der Waals surface area (Å²) in [4.78, 5) is 29.5. The average Bonchev–Trinajstić information content (AvgIpc) is 2.82. The van der Waals surface area contributed by atoms with Gasteiger partial charge in [0, 0.05) is 30.6 Å². The maximum Gasteiger partial charge on any atom is 0.408 e. The zero-order valence-corrected chi connectivity index (χ0v) is 13.8. The number of hydrogen-bond acceptors (Lipinski definition) is 3. The second kappa shape index (κ2) is 5.30. The lowest BCUT2D eigenvalue weighted by Crippen LogP contribution is -2.49. The quantitative estimate of drug-likeness (QED) is 0.849. The summed E-state index contributed by atoms with van der Waals surface area (Å²) in [6.45, 7) is 5.37. The van der Waals surface area contributed by atoms with Gasteiger partial charge in [0.15, 0.2) is 0 Å². The highest BCUT2D eigenvalue weighted by atomic mass is 16.6. The van der Waals surface area contributed by atoms with E-state index in [1.165, 1.54) is 0 Å². The van der Waals surface area contributed by atoms with E-state index in [1.807, 2.05) is 24.4 Å². The average molecular weight is 315 g/mol. The molecule has 0 bridgehead atoms. The molecule has 0 radical (unpaired) electrons. The lowest BCUT2D eigenvalue weighted by Gasteiger charge is -2.24. The fraction of sp³-hybridized carbons (Fsp3) is 0.412. The molecule has 0 fully saturated rings. The van der Waals surface area contributed by atoms with Crippen LogP contribution in [0.4, 0.5) is 10.5 Å². The lowest BCUT2D eigenvalue weighted by molar-refractivity contribution is -0.120. The topological polar surface area (TPSA) is 74.4 Å². The van der Waals surface area contributed by atoms with E-state index in [9.17, 15) is 9.59 Å². The van der Waals surface area contributed by atoms with E-state index in [1.54, 1.807) is 32.7 Å². The summed E-state index contributed by atoms with van der Waals surface area (Å²) in [7, 11) is 1.73. The molecule has 122 valence electrons. The van der Waals surface area contributed by atoms with E-state index in [0.29, 0.717) is 6.42 Å². The van der Waals surface area contributed by atoms with Crippen molar-refractivity contribution in [2.45, 2.75) is 38.8 Å². The van der Waals surface area contributed by atoms with Crippen molar-refractivity contribution >= 4 is 28.6 Å². The van der Waals surface area contributed by atoms with Gasteiger partial charge in [-0.3, -0.25) is 4.79 Å². The van der Waals surface area contributed by atoms with Gasteiger partial charge in [0.1, 0.15) is 11.6 Å². The number of nitrogens with one attached hydrogen (secondary N) is 2. The number of anilines is 1. The Bertz CT molecular complexity index is 773. The monoisotopic (exact) mass is 315 g/mol. The molecular weight excluding hydrogens is 294 g/mol. The Morgan fingerprint density at radius 3 is 2.83 bits per heavy atom. The Morgan fingerprint density at radius 1 is 1.39 bits per heavy atom. The van der Waals surface area contributed by atoms with Gasteiger partial charge in [-0.05, 0) is 38.5 Å². The van der Waals surface area contributed by atoms with Crippen LogP contribution in [-0.4, -0.2) is 35.7 Å². The first-order valence-corrected chi connectivity index (χ1v) is 7.62. The molecule has 3 rings (SSSR count). The van der Waals surface area contributed by atoms with Crippen molar-refractivity contribution in [3.63, 3.8) is 0 Å². The van der Waals surface area contributed by atoms with Gasteiger partial charge in [0.05, 0.1) is 5.69 Å². The molecule has 1 aromatic carbocycles. The SMILES string of the molecule is CN1C(=O)[C@@H](NC(=O)OC(C)(C)C)Cc2c[nH]c3cccc1c23. The maximum atomic E-state index is 12.7. The highest BCUT2D eigenvalue weighted by molar-refractivity contribution is 6.08. The predicted octanol–water partition coefficient (Wildman–Crippen LogP) is 2.58. The van der Waals surface area contributed by atoms with Crippen LogP contribution < -0.4 is 10.2 Å². The van der Waals surface area contributed by atoms with Crippen LogP contribution in [0, 0.1) is 0 Å². The minimum atomic E-state index is -0.652. The molecule has 0 saturated heterocycles. The molecule has 6 nitrogen and oxygen atoms in total. The van der Waals surface area contributed by atoms with Gasteiger partial charge in [-0.25, -0.2) is 4.79 Å². The molecule has 2 heterocycles. The van der Waals surface area contributed by atoms with Crippen LogP contribution in [0.25, 0.3) is 10.9 Å². The third kappa shape index (κ3) is 2.88. The molecule has 0 saturated carbocycles. The van der Waals surface area contributed by atoms with Crippen molar-refractivity contribution < 1.29 is 14.3 Å². The third-order valence-electron chi connectivity index (χ3n) is 3.87. The summed E-state index contributed by atoms with van der Waals surface area (Å²) < 4.78 is 5.27.